The second-order valence-corrected chi connectivity index (χ2v) is 5.68. The van der Waals surface area contributed by atoms with Gasteiger partial charge in [0, 0.05) is 25.6 Å². The summed E-state index contributed by atoms with van der Waals surface area (Å²) in [7, 11) is 1.76. The number of nitrogens with zero attached hydrogens (tertiary/aromatic N) is 2. The Morgan fingerprint density at radius 2 is 2.25 bits per heavy atom. The molecule has 2 unspecified atom stereocenters. The average Bonchev–Trinajstić information content (AvgIpc) is 2.84. The van der Waals surface area contributed by atoms with Crippen LogP contribution >= 0.6 is 0 Å². The molecule has 0 spiro atoms. The van der Waals surface area contributed by atoms with E-state index in [2.05, 4.69) is 41.1 Å². The largest absolute Gasteiger partial charge is 0.383 e. The van der Waals surface area contributed by atoms with Gasteiger partial charge in [-0.05, 0) is 38.4 Å². The fourth-order valence-corrected chi connectivity index (χ4v) is 3.19. The van der Waals surface area contributed by atoms with E-state index >= 15 is 0 Å². The second-order valence-electron chi connectivity index (χ2n) is 5.68. The van der Waals surface area contributed by atoms with Crippen molar-refractivity contribution in [2.75, 3.05) is 20.3 Å². The third-order valence-electron chi connectivity index (χ3n) is 4.19. The Morgan fingerprint density at radius 3 is 3.05 bits per heavy atom. The molecule has 2 aromatic rings. The maximum atomic E-state index is 5.27. The molecule has 3 rings (SSSR count). The number of benzene rings is 1. The molecule has 1 aliphatic heterocycles. The first kappa shape index (κ1) is 13.6. The molecule has 1 aromatic heterocycles. The van der Waals surface area contributed by atoms with Gasteiger partial charge in [0.05, 0.1) is 17.6 Å². The van der Waals surface area contributed by atoms with Crippen molar-refractivity contribution in [3.8, 4) is 0 Å². The quantitative estimate of drug-likeness (QED) is 0.930. The van der Waals surface area contributed by atoms with Crippen LogP contribution in [0, 0.1) is 0 Å². The first-order valence-corrected chi connectivity index (χ1v) is 7.47. The molecule has 108 valence electrons. The van der Waals surface area contributed by atoms with Crippen LogP contribution in [0.1, 0.15) is 31.5 Å². The van der Waals surface area contributed by atoms with Crippen LogP contribution < -0.4 is 5.32 Å². The lowest BCUT2D eigenvalue weighted by molar-refractivity contribution is 0.186. The summed E-state index contributed by atoms with van der Waals surface area (Å²) in [5, 5.41) is 3.52. The van der Waals surface area contributed by atoms with E-state index in [9.17, 15) is 0 Å². The van der Waals surface area contributed by atoms with Gasteiger partial charge < -0.3 is 14.6 Å². The molecule has 20 heavy (non-hydrogen) atoms. The third-order valence-corrected chi connectivity index (χ3v) is 4.19. The van der Waals surface area contributed by atoms with Gasteiger partial charge in [-0.3, -0.25) is 0 Å². The SMILES string of the molecule is COCCn1c(C2CCNC(C)C2)nc2ccccc21. The summed E-state index contributed by atoms with van der Waals surface area (Å²) >= 11 is 0. The average molecular weight is 273 g/mol. The monoisotopic (exact) mass is 273 g/mol. The summed E-state index contributed by atoms with van der Waals surface area (Å²) < 4.78 is 7.62. The van der Waals surface area contributed by atoms with Gasteiger partial charge in [0.25, 0.3) is 0 Å². The molecule has 1 fully saturated rings. The van der Waals surface area contributed by atoms with Crippen LogP contribution in [0.15, 0.2) is 24.3 Å². The summed E-state index contributed by atoms with van der Waals surface area (Å²) in [5.74, 6) is 1.78. The standard InChI is InChI=1S/C16H23N3O/c1-12-11-13(7-8-17-12)16-18-14-5-3-4-6-15(14)19(16)9-10-20-2/h3-6,12-13,17H,7-11H2,1-2H3. The minimum atomic E-state index is 0.551. The van der Waals surface area contributed by atoms with Crippen molar-refractivity contribution in [1.82, 2.24) is 14.9 Å². The Bertz CT molecular complexity index is 578. The highest BCUT2D eigenvalue weighted by molar-refractivity contribution is 5.76. The minimum Gasteiger partial charge on any atom is -0.383 e. The number of ether oxygens (including phenoxy) is 1. The van der Waals surface area contributed by atoms with Gasteiger partial charge in [0.1, 0.15) is 5.82 Å². The molecular weight excluding hydrogens is 250 g/mol. The van der Waals surface area contributed by atoms with Crippen LogP contribution in [0.25, 0.3) is 11.0 Å². The van der Waals surface area contributed by atoms with Gasteiger partial charge >= 0.3 is 0 Å². The lowest BCUT2D eigenvalue weighted by atomic mass is 9.92. The number of hydrogen-bond donors (Lipinski definition) is 1. The van der Waals surface area contributed by atoms with E-state index in [0.29, 0.717) is 12.0 Å². The molecule has 4 nitrogen and oxygen atoms in total. The topological polar surface area (TPSA) is 39.1 Å². The number of rotatable bonds is 4. The zero-order chi connectivity index (χ0) is 13.9. The Labute approximate surface area is 120 Å². The van der Waals surface area contributed by atoms with Crippen molar-refractivity contribution < 1.29 is 4.74 Å². The summed E-state index contributed by atoms with van der Waals surface area (Å²) in [6.45, 7) is 4.95. The molecule has 0 radical (unpaired) electrons. The van der Waals surface area contributed by atoms with Crippen LogP contribution in [0.2, 0.25) is 0 Å². The van der Waals surface area contributed by atoms with Crippen LogP contribution in [-0.2, 0) is 11.3 Å². The van der Waals surface area contributed by atoms with Gasteiger partial charge in [-0.15, -0.1) is 0 Å². The molecule has 1 aliphatic rings. The summed E-state index contributed by atoms with van der Waals surface area (Å²) in [4.78, 5) is 4.90. The van der Waals surface area contributed by atoms with Crippen molar-refractivity contribution in [1.29, 1.82) is 0 Å². The zero-order valence-electron chi connectivity index (χ0n) is 12.3. The third kappa shape index (κ3) is 2.58. The molecule has 0 bridgehead atoms. The van der Waals surface area contributed by atoms with E-state index in [1.165, 1.54) is 17.8 Å². The number of methoxy groups -OCH3 is 1. The molecule has 1 N–H and O–H groups in total. The highest BCUT2D eigenvalue weighted by Gasteiger charge is 2.25. The molecule has 1 saturated heterocycles. The van der Waals surface area contributed by atoms with E-state index in [1.54, 1.807) is 7.11 Å². The van der Waals surface area contributed by atoms with Crippen molar-refractivity contribution in [3.05, 3.63) is 30.1 Å². The van der Waals surface area contributed by atoms with Gasteiger partial charge in [-0.2, -0.15) is 0 Å². The molecule has 2 atom stereocenters. The van der Waals surface area contributed by atoms with Crippen LogP contribution in [0.4, 0.5) is 0 Å². The zero-order valence-corrected chi connectivity index (χ0v) is 12.3. The van der Waals surface area contributed by atoms with E-state index < -0.39 is 0 Å². The van der Waals surface area contributed by atoms with Crippen molar-refractivity contribution in [3.63, 3.8) is 0 Å². The first-order chi connectivity index (χ1) is 9.79. The maximum absolute atomic E-state index is 5.27. The van der Waals surface area contributed by atoms with E-state index in [-0.39, 0.29) is 0 Å². The predicted molar refractivity (Wildman–Crippen MR) is 81.0 cm³/mol. The fourth-order valence-electron chi connectivity index (χ4n) is 3.19. The molecular formula is C16H23N3O. The van der Waals surface area contributed by atoms with Crippen LogP contribution in [0.5, 0.6) is 0 Å². The predicted octanol–water partition coefficient (Wildman–Crippen LogP) is 2.54. The highest BCUT2D eigenvalue weighted by Crippen LogP contribution is 2.29. The summed E-state index contributed by atoms with van der Waals surface area (Å²) in [6.07, 6.45) is 2.33. The minimum absolute atomic E-state index is 0.551. The Morgan fingerprint density at radius 1 is 1.40 bits per heavy atom. The van der Waals surface area contributed by atoms with E-state index in [0.717, 1.165) is 31.6 Å². The van der Waals surface area contributed by atoms with Gasteiger partial charge in [0.15, 0.2) is 0 Å². The number of imidazole rings is 1. The fraction of sp³-hybridized carbons (Fsp3) is 0.562. The van der Waals surface area contributed by atoms with E-state index in [4.69, 9.17) is 9.72 Å². The van der Waals surface area contributed by atoms with E-state index in [1.807, 2.05) is 0 Å². The van der Waals surface area contributed by atoms with Gasteiger partial charge in [-0.25, -0.2) is 4.98 Å². The smallest absolute Gasteiger partial charge is 0.113 e. The van der Waals surface area contributed by atoms with Crippen LogP contribution in [-0.4, -0.2) is 35.9 Å². The molecule has 2 heterocycles. The summed E-state index contributed by atoms with van der Waals surface area (Å²) in [5.41, 5.74) is 2.33. The second kappa shape index (κ2) is 5.94. The number of piperidine rings is 1. The molecule has 1 aromatic carbocycles. The number of aromatic nitrogens is 2. The van der Waals surface area contributed by atoms with Gasteiger partial charge in [0.2, 0.25) is 0 Å². The lowest BCUT2D eigenvalue weighted by Gasteiger charge is -2.28. The maximum Gasteiger partial charge on any atom is 0.113 e. The van der Waals surface area contributed by atoms with Crippen molar-refractivity contribution in [2.45, 2.75) is 38.3 Å². The molecule has 0 aliphatic carbocycles. The Hall–Kier alpha value is -1.39. The Balaban J connectivity index is 1.99. The molecule has 0 amide bonds. The number of hydrogen-bond acceptors (Lipinski definition) is 3. The molecule has 0 saturated carbocycles. The first-order valence-electron chi connectivity index (χ1n) is 7.47. The van der Waals surface area contributed by atoms with Crippen LogP contribution in [0.3, 0.4) is 0 Å². The number of nitrogens with one attached hydrogen (secondary N) is 1. The normalized spacial score (nSPS) is 23.3. The summed E-state index contributed by atoms with van der Waals surface area (Å²) in [6, 6.07) is 8.98. The Kier molecular flexibility index (Phi) is 4.03. The number of para-hydroxylation sites is 2. The van der Waals surface area contributed by atoms with Crippen molar-refractivity contribution >= 4 is 11.0 Å². The molecule has 4 heteroatoms. The number of fused-ring (bicyclic) bond motifs is 1. The lowest BCUT2D eigenvalue weighted by Crippen LogP contribution is -2.35. The van der Waals surface area contributed by atoms with Gasteiger partial charge in [-0.1, -0.05) is 12.1 Å². The van der Waals surface area contributed by atoms with Crippen molar-refractivity contribution in [2.24, 2.45) is 0 Å². The highest BCUT2D eigenvalue weighted by atomic mass is 16.5.